The fourth-order valence-electron chi connectivity index (χ4n) is 2.66. The second kappa shape index (κ2) is 6.70. The molecule has 0 unspecified atom stereocenters. The van der Waals surface area contributed by atoms with Crippen molar-refractivity contribution in [2.24, 2.45) is 0 Å². The zero-order valence-electron chi connectivity index (χ0n) is 12.1. The van der Waals surface area contributed by atoms with Crippen molar-refractivity contribution in [1.29, 1.82) is 0 Å². The molecule has 0 aliphatic carbocycles. The van der Waals surface area contributed by atoms with Gasteiger partial charge in [-0.25, -0.2) is 4.39 Å². The highest BCUT2D eigenvalue weighted by molar-refractivity contribution is 5.95. The van der Waals surface area contributed by atoms with Crippen LogP contribution in [0.3, 0.4) is 0 Å². The maximum absolute atomic E-state index is 13.1. The van der Waals surface area contributed by atoms with E-state index in [1.54, 1.807) is 12.3 Å². The van der Waals surface area contributed by atoms with Crippen LogP contribution in [0.5, 0.6) is 0 Å². The SMILES string of the molecule is O=C(NCCc1cccc(F)c1)c1cn[nH]c1[C@H]1CCOC1. The molecule has 0 spiro atoms. The minimum Gasteiger partial charge on any atom is -0.381 e. The topological polar surface area (TPSA) is 67.0 Å². The van der Waals surface area contributed by atoms with Crippen molar-refractivity contribution in [1.82, 2.24) is 15.5 Å². The summed E-state index contributed by atoms with van der Waals surface area (Å²) in [6.45, 7) is 1.78. The van der Waals surface area contributed by atoms with Crippen LogP contribution >= 0.6 is 0 Å². The average molecular weight is 303 g/mol. The van der Waals surface area contributed by atoms with Crippen LogP contribution in [0.1, 0.15) is 34.0 Å². The van der Waals surface area contributed by atoms with E-state index in [0.717, 1.165) is 17.7 Å². The summed E-state index contributed by atoms with van der Waals surface area (Å²) in [6.07, 6.45) is 3.03. The molecule has 1 amide bonds. The van der Waals surface area contributed by atoms with Crippen molar-refractivity contribution >= 4 is 5.91 Å². The monoisotopic (exact) mass is 303 g/mol. The van der Waals surface area contributed by atoms with Crippen LogP contribution in [0.15, 0.2) is 30.5 Å². The van der Waals surface area contributed by atoms with E-state index in [2.05, 4.69) is 15.5 Å². The number of nitrogens with zero attached hydrogens (tertiary/aromatic N) is 1. The Hall–Kier alpha value is -2.21. The Morgan fingerprint density at radius 2 is 2.41 bits per heavy atom. The van der Waals surface area contributed by atoms with Gasteiger partial charge in [-0.15, -0.1) is 0 Å². The van der Waals surface area contributed by atoms with E-state index in [-0.39, 0.29) is 17.6 Å². The molecule has 1 atom stereocenters. The highest BCUT2D eigenvalue weighted by Gasteiger charge is 2.24. The fourth-order valence-corrected chi connectivity index (χ4v) is 2.66. The van der Waals surface area contributed by atoms with Crippen molar-refractivity contribution in [3.8, 4) is 0 Å². The van der Waals surface area contributed by atoms with Crippen molar-refractivity contribution in [2.75, 3.05) is 19.8 Å². The van der Waals surface area contributed by atoms with E-state index in [1.807, 2.05) is 6.07 Å². The number of hydrogen-bond donors (Lipinski definition) is 2. The summed E-state index contributed by atoms with van der Waals surface area (Å²) < 4.78 is 18.4. The first kappa shape index (κ1) is 14.7. The van der Waals surface area contributed by atoms with Gasteiger partial charge in [-0.3, -0.25) is 9.89 Å². The number of amides is 1. The molecule has 2 heterocycles. The molecule has 116 valence electrons. The molecule has 0 saturated carbocycles. The number of nitrogens with one attached hydrogen (secondary N) is 2. The molecule has 0 bridgehead atoms. The summed E-state index contributed by atoms with van der Waals surface area (Å²) in [5, 5.41) is 9.73. The van der Waals surface area contributed by atoms with Crippen LogP contribution in [0.25, 0.3) is 0 Å². The minimum absolute atomic E-state index is 0.160. The summed E-state index contributed by atoms with van der Waals surface area (Å²) >= 11 is 0. The smallest absolute Gasteiger partial charge is 0.254 e. The third-order valence-electron chi connectivity index (χ3n) is 3.84. The number of carbonyl (C=O) groups is 1. The van der Waals surface area contributed by atoms with Gasteiger partial charge in [-0.1, -0.05) is 12.1 Å². The van der Waals surface area contributed by atoms with Gasteiger partial charge in [0, 0.05) is 19.1 Å². The first-order chi connectivity index (χ1) is 10.7. The molecule has 0 radical (unpaired) electrons. The van der Waals surface area contributed by atoms with E-state index in [4.69, 9.17) is 4.74 Å². The molecule has 1 fully saturated rings. The van der Waals surface area contributed by atoms with Crippen LogP contribution in [0.2, 0.25) is 0 Å². The number of carbonyl (C=O) groups excluding carboxylic acids is 1. The first-order valence-corrected chi connectivity index (χ1v) is 7.37. The van der Waals surface area contributed by atoms with Gasteiger partial charge in [0.25, 0.3) is 5.91 Å². The number of rotatable bonds is 5. The lowest BCUT2D eigenvalue weighted by molar-refractivity contribution is 0.0952. The average Bonchev–Trinajstić information content (AvgIpc) is 3.18. The number of aromatic amines is 1. The van der Waals surface area contributed by atoms with Gasteiger partial charge in [0.05, 0.1) is 24.1 Å². The Labute approximate surface area is 127 Å². The molecule has 1 aromatic heterocycles. The molecule has 2 N–H and O–H groups in total. The van der Waals surface area contributed by atoms with Gasteiger partial charge < -0.3 is 10.1 Å². The Morgan fingerprint density at radius 3 is 3.18 bits per heavy atom. The molecule has 1 aromatic carbocycles. The van der Waals surface area contributed by atoms with Crippen molar-refractivity contribution < 1.29 is 13.9 Å². The normalized spacial score (nSPS) is 17.6. The number of H-pyrrole nitrogens is 1. The van der Waals surface area contributed by atoms with E-state index < -0.39 is 0 Å². The Balaban J connectivity index is 1.57. The molecular formula is C16H18FN3O2. The number of hydrogen-bond acceptors (Lipinski definition) is 3. The number of benzene rings is 1. The maximum Gasteiger partial charge on any atom is 0.254 e. The third kappa shape index (κ3) is 3.33. The van der Waals surface area contributed by atoms with Crippen LogP contribution in [-0.4, -0.2) is 35.9 Å². The predicted molar refractivity (Wildman–Crippen MR) is 79.2 cm³/mol. The fraction of sp³-hybridized carbons (Fsp3) is 0.375. The van der Waals surface area contributed by atoms with Gasteiger partial charge in [-0.05, 0) is 30.5 Å². The van der Waals surface area contributed by atoms with Gasteiger partial charge in [0.15, 0.2) is 0 Å². The van der Waals surface area contributed by atoms with Gasteiger partial charge in [0.2, 0.25) is 0 Å². The van der Waals surface area contributed by atoms with Gasteiger partial charge in [0.1, 0.15) is 5.82 Å². The molecule has 3 rings (SSSR count). The van der Waals surface area contributed by atoms with Crippen LogP contribution in [0.4, 0.5) is 4.39 Å². The molecule has 1 saturated heterocycles. The summed E-state index contributed by atoms with van der Waals surface area (Å²) in [5.74, 6) is -0.222. The Kier molecular flexibility index (Phi) is 4.48. The maximum atomic E-state index is 13.1. The molecule has 2 aromatic rings. The van der Waals surface area contributed by atoms with E-state index in [9.17, 15) is 9.18 Å². The zero-order valence-corrected chi connectivity index (χ0v) is 12.1. The largest absolute Gasteiger partial charge is 0.381 e. The predicted octanol–water partition coefficient (Wildman–Crippen LogP) is 2.03. The number of ether oxygens (including phenoxy) is 1. The second-order valence-electron chi connectivity index (χ2n) is 5.39. The quantitative estimate of drug-likeness (QED) is 0.888. The van der Waals surface area contributed by atoms with Crippen LogP contribution in [0, 0.1) is 5.82 Å². The summed E-state index contributed by atoms with van der Waals surface area (Å²) in [6, 6.07) is 6.39. The molecule has 1 aliphatic heterocycles. The lowest BCUT2D eigenvalue weighted by Gasteiger charge is -2.09. The Bertz CT molecular complexity index is 650. The molecule has 1 aliphatic rings. The van der Waals surface area contributed by atoms with E-state index in [1.165, 1.54) is 12.1 Å². The lowest BCUT2D eigenvalue weighted by Crippen LogP contribution is -2.26. The zero-order chi connectivity index (χ0) is 15.4. The Morgan fingerprint density at radius 1 is 1.50 bits per heavy atom. The minimum atomic E-state index is -0.262. The highest BCUT2D eigenvalue weighted by Crippen LogP contribution is 2.25. The lowest BCUT2D eigenvalue weighted by atomic mass is 10.0. The number of aromatic nitrogens is 2. The molecule has 22 heavy (non-hydrogen) atoms. The summed E-state index contributed by atoms with van der Waals surface area (Å²) in [5.41, 5.74) is 2.26. The van der Waals surface area contributed by atoms with Crippen molar-refractivity contribution in [3.05, 3.63) is 53.1 Å². The van der Waals surface area contributed by atoms with Crippen molar-refractivity contribution in [2.45, 2.75) is 18.8 Å². The van der Waals surface area contributed by atoms with E-state index in [0.29, 0.717) is 31.7 Å². The molecule has 6 heteroatoms. The summed E-state index contributed by atoms with van der Waals surface area (Å²) in [7, 11) is 0. The second-order valence-corrected chi connectivity index (χ2v) is 5.39. The van der Waals surface area contributed by atoms with Crippen LogP contribution in [-0.2, 0) is 11.2 Å². The van der Waals surface area contributed by atoms with E-state index >= 15 is 0 Å². The molecule has 5 nitrogen and oxygen atoms in total. The van der Waals surface area contributed by atoms with Crippen molar-refractivity contribution in [3.63, 3.8) is 0 Å². The standard InChI is InChI=1S/C16H18FN3O2/c17-13-3-1-2-11(8-13)4-6-18-16(21)14-9-19-20-15(14)12-5-7-22-10-12/h1-3,8-9,12H,4-7,10H2,(H,18,21)(H,19,20)/t12-/m0/s1. The third-order valence-corrected chi connectivity index (χ3v) is 3.84. The van der Waals surface area contributed by atoms with Gasteiger partial charge >= 0.3 is 0 Å². The van der Waals surface area contributed by atoms with Gasteiger partial charge in [-0.2, -0.15) is 5.10 Å². The number of halogens is 1. The van der Waals surface area contributed by atoms with Crippen LogP contribution < -0.4 is 5.32 Å². The summed E-state index contributed by atoms with van der Waals surface area (Å²) in [4.78, 5) is 12.3. The highest BCUT2D eigenvalue weighted by atomic mass is 19.1. The molecular weight excluding hydrogens is 285 g/mol. The first-order valence-electron chi connectivity index (χ1n) is 7.37.